The number of ether oxygens (including phenoxy) is 1. The van der Waals surface area contributed by atoms with Gasteiger partial charge in [0.05, 0.1) is 6.20 Å². The maximum atomic E-state index is 11.9. The van der Waals surface area contributed by atoms with Gasteiger partial charge < -0.3 is 9.84 Å². The standard InChI is InChI=1S/C12H12BrN3O4/c1-5-7-9(14-6-8(13)15-7)16(10(17)18)11(19)20-12(2,3)4/h1,6H,2-4H3,(H,17,18). The maximum absolute atomic E-state index is 11.9. The van der Waals surface area contributed by atoms with Gasteiger partial charge in [0.2, 0.25) is 0 Å². The number of halogens is 1. The number of carbonyl (C=O) groups excluding carboxylic acids is 1. The molecule has 0 saturated heterocycles. The van der Waals surface area contributed by atoms with Gasteiger partial charge in [-0.2, -0.15) is 4.90 Å². The molecule has 7 nitrogen and oxygen atoms in total. The monoisotopic (exact) mass is 341 g/mol. The third kappa shape index (κ3) is 3.93. The van der Waals surface area contributed by atoms with E-state index in [1.165, 1.54) is 6.20 Å². The van der Waals surface area contributed by atoms with E-state index in [2.05, 4.69) is 31.8 Å². The molecule has 1 N–H and O–H groups in total. The zero-order valence-electron chi connectivity index (χ0n) is 11.0. The van der Waals surface area contributed by atoms with E-state index in [9.17, 15) is 9.59 Å². The molecule has 20 heavy (non-hydrogen) atoms. The number of imide groups is 1. The highest BCUT2D eigenvalue weighted by atomic mass is 79.9. The molecule has 106 valence electrons. The Kier molecular flexibility index (Phi) is 4.68. The van der Waals surface area contributed by atoms with Crippen molar-refractivity contribution in [2.24, 2.45) is 0 Å². The number of anilines is 1. The Labute approximate surface area is 124 Å². The highest BCUT2D eigenvalue weighted by Gasteiger charge is 2.31. The van der Waals surface area contributed by atoms with E-state index < -0.39 is 17.8 Å². The van der Waals surface area contributed by atoms with Crippen LogP contribution < -0.4 is 4.90 Å². The average Bonchev–Trinajstić information content (AvgIpc) is 2.28. The van der Waals surface area contributed by atoms with E-state index in [4.69, 9.17) is 16.3 Å². The van der Waals surface area contributed by atoms with Crippen molar-refractivity contribution in [3.8, 4) is 12.3 Å². The second-order valence-corrected chi connectivity index (χ2v) is 5.42. The highest BCUT2D eigenvalue weighted by molar-refractivity contribution is 9.10. The smallest absolute Gasteiger partial charge is 0.425 e. The van der Waals surface area contributed by atoms with Gasteiger partial charge in [-0.25, -0.2) is 19.6 Å². The normalized spacial score (nSPS) is 10.6. The van der Waals surface area contributed by atoms with Crippen LogP contribution in [0.25, 0.3) is 0 Å². The summed E-state index contributed by atoms with van der Waals surface area (Å²) in [7, 11) is 0. The van der Waals surface area contributed by atoms with Crippen molar-refractivity contribution in [3.63, 3.8) is 0 Å². The second-order valence-electron chi connectivity index (χ2n) is 4.61. The fraction of sp³-hybridized carbons (Fsp3) is 0.333. The predicted molar refractivity (Wildman–Crippen MR) is 74.4 cm³/mol. The Morgan fingerprint density at radius 2 is 2.10 bits per heavy atom. The van der Waals surface area contributed by atoms with Crippen LogP contribution in [0.3, 0.4) is 0 Å². The van der Waals surface area contributed by atoms with Gasteiger partial charge in [-0.05, 0) is 42.6 Å². The Hall–Kier alpha value is -2.14. The van der Waals surface area contributed by atoms with Gasteiger partial charge >= 0.3 is 12.2 Å². The molecular formula is C12H12BrN3O4. The summed E-state index contributed by atoms with van der Waals surface area (Å²) in [5.74, 6) is 1.89. The van der Waals surface area contributed by atoms with Crippen LogP contribution in [0.2, 0.25) is 0 Å². The topological polar surface area (TPSA) is 92.6 Å². The molecule has 0 fully saturated rings. The fourth-order valence-corrected chi connectivity index (χ4v) is 1.46. The molecule has 0 atom stereocenters. The third-order valence-corrected chi connectivity index (χ3v) is 2.22. The zero-order chi connectivity index (χ0) is 15.5. The van der Waals surface area contributed by atoms with Crippen molar-refractivity contribution in [1.29, 1.82) is 0 Å². The van der Waals surface area contributed by atoms with Gasteiger partial charge in [0.15, 0.2) is 11.5 Å². The minimum atomic E-state index is -1.56. The molecule has 1 heterocycles. The average molecular weight is 342 g/mol. The summed E-state index contributed by atoms with van der Waals surface area (Å²) in [4.78, 5) is 31.2. The van der Waals surface area contributed by atoms with E-state index in [1.54, 1.807) is 20.8 Å². The van der Waals surface area contributed by atoms with Gasteiger partial charge in [0, 0.05) is 0 Å². The molecule has 0 unspecified atom stereocenters. The predicted octanol–water partition coefficient (Wildman–Crippen LogP) is 2.64. The number of aromatic nitrogens is 2. The third-order valence-electron chi connectivity index (χ3n) is 1.84. The van der Waals surface area contributed by atoms with Crippen molar-refractivity contribution in [2.45, 2.75) is 26.4 Å². The second kappa shape index (κ2) is 5.88. The molecule has 0 saturated carbocycles. The summed E-state index contributed by atoms with van der Waals surface area (Å²) >= 11 is 3.06. The molecule has 0 aliphatic heterocycles. The van der Waals surface area contributed by atoms with Gasteiger partial charge in [-0.3, -0.25) is 0 Å². The number of hydrogen-bond acceptors (Lipinski definition) is 5. The number of amides is 2. The first-order valence-electron chi connectivity index (χ1n) is 5.41. The van der Waals surface area contributed by atoms with Gasteiger partial charge in [0.1, 0.15) is 10.2 Å². The lowest BCUT2D eigenvalue weighted by Gasteiger charge is -2.24. The van der Waals surface area contributed by atoms with Crippen LogP contribution >= 0.6 is 15.9 Å². The lowest BCUT2D eigenvalue weighted by molar-refractivity contribution is 0.0580. The molecule has 1 aromatic heterocycles. The molecular weight excluding hydrogens is 330 g/mol. The van der Waals surface area contributed by atoms with Crippen molar-refractivity contribution in [1.82, 2.24) is 9.97 Å². The van der Waals surface area contributed by atoms with Crippen molar-refractivity contribution in [2.75, 3.05) is 4.90 Å². The largest absolute Gasteiger partial charge is 0.464 e. The molecule has 0 aliphatic rings. The van der Waals surface area contributed by atoms with Crippen LogP contribution in [0.15, 0.2) is 10.8 Å². The Bertz CT molecular complexity index is 589. The Morgan fingerprint density at radius 1 is 1.50 bits per heavy atom. The van der Waals surface area contributed by atoms with E-state index in [1.807, 2.05) is 0 Å². The van der Waals surface area contributed by atoms with E-state index in [0.29, 0.717) is 9.50 Å². The molecule has 0 radical (unpaired) electrons. The highest BCUT2D eigenvalue weighted by Crippen LogP contribution is 2.20. The summed E-state index contributed by atoms with van der Waals surface area (Å²) in [6.45, 7) is 4.83. The van der Waals surface area contributed by atoms with Crippen LogP contribution in [0, 0.1) is 12.3 Å². The fourth-order valence-electron chi connectivity index (χ4n) is 1.18. The van der Waals surface area contributed by atoms with Gasteiger partial charge in [-0.1, -0.05) is 0 Å². The van der Waals surface area contributed by atoms with E-state index in [-0.39, 0.29) is 11.5 Å². The number of carbonyl (C=O) groups is 2. The molecule has 1 aromatic rings. The summed E-state index contributed by atoms with van der Waals surface area (Å²) in [6, 6.07) is 0. The Morgan fingerprint density at radius 3 is 2.55 bits per heavy atom. The quantitative estimate of drug-likeness (QED) is 0.789. The van der Waals surface area contributed by atoms with E-state index >= 15 is 0 Å². The number of terminal acetylenes is 1. The molecule has 0 aromatic carbocycles. The molecule has 0 aliphatic carbocycles. The van der Waals surface area contributed by atoms with Gasteiger partial charge in [-0.15, -0.1) is 6.42 Å². The molecule has 8 heteroatoms. The summed E-state index contributed by atoms with van der Waals surface area (Å²) in [6.07, 6.45) is 3.81. The van der Waals surface area contributed by atoms with Crippen LogP contribution in [-0.2, 0) is 4.74 Å². The van der Waals surface area contributed by atoms with Crippen LogP contribution in [-0.4, -0.2) is 32.9 Å². The summed E-state index contributed by atoms with van der Waals surface area (Å²) in [5.41, 5.74) is -0.947. The number of hydrogen-bond donors (Lipinski definition) is 1. The maximum Gasteiger partial charge on any atom is 0.425 e. The van der Waals surface area contributed by atoms with Crippen molar-refractivity contribution in [3.05, 3.63) is 16.5 Å². The van der Waals surface area contributed by atoms with Crippen LogP contribution in [0.1, 0.15) is 26.5 Å². The zero-order valence-corrected chi connectivity index (χ0v) is 12.6. The minimum Gasteiger partial charge on any atom is -0.464 e. The van der Waals surface area contributed by atoms with Crippen LogP contribution in [0.4, 0.5) is 15.4 Å². The molecule has 0 spiro atoms. The minimum absolute atomic E-state index is 0.0902. The van der Waals surface area contributed by atoms with Gasteiger partial charge in [0.25, 0.3) is 0 Å². The first-order valence-corrected chi connectivity index (χ1v) is 6.20. The summed E-state index contributed by atoms with van der Waals surface area (Å²) in [5, 5.41) is 9.16. The molecule has 2 amide bonds. The van der Waals surface area contributed by atoms with E-state index in [0.717, 1.165) is 0 Å². The Balaban J connectivity index is 3.26. The SMILES string of the molecule is C#Cc1nc(Br)cnc1N(C(=O)O)C(=O)OC(C)(C)C. The van der Waals surface area contributed by atoms with Crippen molar-refractivity contribution >= 4 is 33.9 Å². The van der Waals surface area contributed by atoms with Crippen LogP contribution in [0.5, 0.6) is 0 Å². The number of nitrogens with zero attached hydrogens (tertiary/aromatic N) is 3. The van der Waals surface area contributed by atoms with Crippen molar-refractivity contribution < 1.29 is 19.4 Å². The number of rotatable bonds is 1. The first-order chi connectivity index (χ1) is 9.15. The number of carboxylic acid groups (broad SMARTS) is 1. The lowest BCUT2D eigenvalue weighted by Crippen LogP contribution is -2.41. The summed E-state index contributed by atoms with van der Waals surface area (Å²) < 4.78 is 5.33. The first kappa shape index (κ1) is 15.9. The molecule has 0 bridgehead atoms. The lowest BCUT2D eigenvalue weighted by atomic mass is 10.2. The molecule has 1 rings (SSSR count).